The van der Waals surface area contributed by atoms with Gasteiger partial charge < -0.3 is 9.80 Å². The van der Waals surface area contributed by atoms with Crippen LogP contribution in [0.4, 0.5) is 5.82 Å². The number of aromatic nitrogens is 2. The summed E-state index contributed by atoms with van der Waals surface area (Å²) in [4.78, 5) is 25.8. The molecule has 0 unspecified atom stereocenters. The number of para-hydroxylation sites is 2. The van der Waals surface area contributed by atoms with Crippen molar-refractivity contribution in [1.29, 1.82) is 0 Å². The van der Waals surface area contributed by atoms with Gasteiger partial charge in [0.25, 0.3) is 5.91 Å². The normalized spacial score (nSPS) is 14.8. The molecule has 6 heteroatoms. The van der Waals surface area contributed by atoms with Gasteiger partial charge >= 0.3 is 0 Å². The molecule has 4 rings (SSSR count). The predicted molar refractivity (Wildman–Crippen MR) is 102 cm³/mol. The van der Waals surface area contributed by atoms with Crippen molar-refractivity contribution in [2.24, 2.45) is 0 Å². The third-order valence-electron chi connectivity index (χ3n) is 4.42. The lowest BCUT2D eigenvalue weighted by Crippen LogP contribution is -2.49. The highest BCUT2D eigenvalue weighted by Crippen LogP contribution is 2.18. The fraction of sp³-hybridized carbons (Fsp3) is 0.211. The average molecular weight is 397 g/mol. The second-order valence-electron chi connectivity index (χ2n) is 6.00. The molecule has 0 radical (unpaired) electrons. The predicted octanol–water partition coefficient (Wildman–Crippen LogP) is 3.35. The highest BCUT2D eigenvalue weighted by atomic mass is 79.9. The Morgan fingerprint density at radius 1 is 0.920 bits per heavy atom. The number of benzene rings is 2. The van der Waals surface area contributed by atoms with E-state index in [1.165, 1.54) is 0 Å². The highest BCUT2D eigenvalue weighted by Gasteiger charge is 2.23. The van der Waals surface area contributed by atoms with Crippen LogP contribution < -0.4 is 4.90 Å². The lowest BCUT2D eigenvalue weighted by Gasteiger charge is -2.35. The smallest absolute Gasteiger partial charge is 0.253 e. The molecule has 1 aliphatic rings. The molecule has 0 aliphatic carbocycles. The van der Waals surface area contributed by atoms with Crippen LogP contribution in [0.5, 0.6) is 0 Å². The summed E-state index contributed by atoms with van der Waals surface area (Å²) in [5.74, 6) is 0.950. The van der Waals surface area contributed by atoms with E-state index in [0.717, 1.165) is 40.0 Å². The van der Waals surface area contributed by atoms with Gasteiger partial charge in [-0.2, -0.15) is 0 Å². The van der Waals surface area contributed by atoms with Crippen molar-refractivity contribution in [2.45, 2.75) is 0 Å². The Labute approximate surface area is 154 Å². The monoisotopic (exact) mass is 396 g/mol. The van der Waals surface area contributed by atoms with Crippen molar-refractivity contribution < 1.29 is 4.79 Å². The van der Waals surface area contributed by atoms with Gasteiger partial charge in [0.1, 0.15) is 5.82 Å². The Morgan fingerprint density at radius 3 is 2.32 bits per heavy atom. The first kappa shape index (κ1) is 16.0. The van der Waals surface area contributed by atoms with Crippen LogP contribution in [0.25, 0.3) is 11.0 Å². The summed E-state index contributed by atoms with van der Waals surface area (Å²) in [6.07, 6.45) is 1.81. The van der Waals surface area contributed by atoms with Gasteiger partial charge in [0.2, 0.25) is 0 Å². The molecule has 0 saturated carbocycles. The van der Waals surface area contributed by atoms with Crippen molar-refractivity contribution in [1.82, 2.24) is 14.9 Å². The van der Waals surface area contributed by atoms with Gasteiger partial charge in [-0.25, -0.2) is 4.98 Å². The number of piperazine rings is 1. The molecule has 0 spiro atoms. The SMILES string of the molecule is O=C(c1ccc(Br)cc1)N1CCN(c2cnc3ccccc3n2)CC1. The molecular weight excluding hydrogens is 380 g/mol. The summed E-state index contributed by atoms with van der Waals surface area (Å²) in [5.41, 5.74) is 2.52. The molecule has 25 heavy (non-hydrogen) atoms. The Hall–Kier alpha value is -2.47. The Bertz CT molecular complexity index is 905. The van der Waals surface area contributed by atoms with Crippen molar-refractivity contribution in [3.63, 3.8) is 0 Å². The summed E-state index contributed by atoms with van der Waals surface area (Å²) in [7, 11) is 0. The number of halogens is 1. The fourth-order valence-corrected chi connectivity index (χ4v) is 3.28. The van der Waals surface area contributed by atoms with Crippen LogP contribution in [0.15, 0.2) is 59.2 Å². The van der Waals surface area contributed by atoms with E-state index in [9.17, 15) is 4.79 Å². The van der Waals surface area contributed by atoms with Crippen LogP contribution in [0.1, 0.15) is 10.4 Å². The number of rotatable bonds is 2. The summed E-state index contributed by atoms with van der Waals surface area (Å²) < 4.78 is 0.976. The second-order valence-corrected chi connectivity index (χ2v) is 6.92. The summed E-state index contributed by atoms with van der Waals surface area (Å²) in [5, 5.41) is 0. The highest BCUT2D eigenvalue weighted by molar-refractivity contribution is 9.10. The van der Waals surface area contributed by atoms with E-state index in [2.05, 4.69) is 25.8 Å². The van der Waals surface area contributed by atoms with Gasteiger partial charge in [-0.15, -0.1) is 0 Å². The maximum Gasteiger partial charge on any atom is 0.253 e. The van der Waals surface area contributed by atoms with Gasteiger partial charge in [0.05, 0.1) is 17.2 Å². The number of anilines is 1. The zero-order chi connectivity index (χ0) is 17.2. The first-order chi connectivity index (χ1) is 12.2. The maximum atomic E-state index is 12.6. The van der Waals surface area contributed by atoms with E-state index >= 15 is 0 Å². The minimum absolute atomic E-state index is 0.0803. The van der Waals surface area contributed by atoms with E-state index in [-0.39, 0.29) is 5.91 Å². The summed E-state index contributed by atoms with van der Waals surface area (Å²) in [6.45, 7) is 2.89. The first-order valence-corrected chi connectivity index (χ1v) is 9.01. The molecule has 1 amide bonds. The van der Waals surface area contributed by atoms with Crippen LogP contribution in [0.2, 0.25) is 0 Å². The van der Waals surface area contributed by atoms with E-state index in [1.807, 2.05) is 59.6 Å². The van der Waals surface area contributed by atoms with E-state index < -0.39 is 0 Å². The number of carbonyl (C=O) groups is 1. The van der Waals surface area contributed by atoms with Crippen molar-refractivity contribution in [3.8, 4) is 0 Å². The molecule has 2 aromatic carbocycles. The molecular formula is C19H17BrN4O. The molecule has 1 aromatic heterocycles. The van der Waals surface area contributed by atoms with Crippen LogP contribution in [0, 0.1) is 0 Å². The van der Waals surface area contributed by atoms with Gasteiger partial charge in [-0.3, -0.25) is 9.78 Å². The quantitative estimate of drug-likeness (QED) is 0.666. The minimum Gasteiger partial charge on any atom is -0.352 e. The van der Waals surface area contributed by atoms with Gasteiger partial charge in [0, 0.05) is 36.2 Å². The maximum absolute atomic E-state index is 12.6. The van der Waals surface area contributed by atoms with E-state index in [1.54, 1.807) is 0 Å². The Balaban J connectivity index is 1.45. The number of amides is 1. The Morgan fingerprint density at radius 2 is 1.60 bits per heavy atom. The van der Waals surface area contributed by atoms with Crippen molar-refractivity contribution in [3.05, 3.63) is 64.8 Å². The number of nitrogens with zero attached hydrogens (tertiary/aromatic N) is 4. The standard InChI is InChI=1S/C19H17BrN4O/c20-15-7-5-14(6-8-15)19(25)24-11-9-23(10-12-24)18-13-21-16-3-1-2-4-17(16)22-18/h1-8,13H,9-12H2. The molecule has 0 atom stereocenters. The summed E-state index contributed by atoms with van der Waals surface area (Å²) >= 11 is 3.40. The lowest BCUT2D eigenvalue weighted by atomic mass is 10.2. The fourth-order valence-electron chi connectivity index (χ4n) is 3.01. The summed E-state index contributed by atoms with van der Waals surface area (Å²) in [6, 6.07) is 15.4. The molecule has 126 valence electrons. The average Bonchev–Trinajstić information content (AvgIpc) is 2.68. The van der Waals surface area contributed by atoms with Gasteiger partial charge in [-0.05, 0) is 36.4 Å². The molecule has 1 fully saturated rings. The van der Waals surface area contributed by atoms with Gasteiger partial charge in [0.15, 0.2) is 0 Å². The molecule has 0 bridgehead atoms. The van der Waals surface area contributed by atoms with Gasteiger partial charge in [-0.1, -0.05) is 28.1 Å². The van der Waals surface area contributed by atoms with E-state index in [4.69, 9.17) is 4.98 Å². The third kappa shape index (κ3) is 3.35. The van der Waals surface area contributed by atoms with Crippen LogP contribution in [0.3, 0.4) is 0 Å². The number of hydrogen-bond donors (Lipinski definition) is 0. The topological polar surface area (TPSA) is 49.3 Å². The van der Waals surface area contributed by atoms with Crippen LogP contribution in [-0.4, -0.2) is 47.0 Å². The number of fused-ring (bicyclic) bond motifs is 1. The lowest BCUT2D eigenvalue weighted by molar-refractivity contribution is 0.0746. The second kappa shape index (κ2) is 6.80. The molecule has 5 nitrogen and oxygen atoms in total. The molecule has 1 saturated heterocycles. The van der Waals surface area contributed by atoms with Crippen molar-refractivity contribution >= 4 is 38.7 Å². The number of hydrogen-bond acceptors (Lipinski definition) is 4. The zero-order valence-electron chi connectivity index (χ0n) is 13.6. The molecule has 0 N–H and O–H groups in total. The molecule has 2 heterocycles. The van der Waals surface area contributed by atoms with E-state index in [0.29, 0.717) is 13.1 Å². The molecule has 3 aromatic rings. The first-order valence-electron chi connectivity index (χ1n) is 8.22. The molecule has 1 aliphatic heterocycles. The minimum atomic E-state index is 0.0803. The third-order valence-corrected chi connectivity index (χ3v) is 4.95. The number of carbonyl (C=O) groups excluding carboxylic acids is 1. The largest absolute Gasteiger partial charge is 0.352 e. The van der Waals surface area contributed by atoms with Crippen LogP contribution >= 0.6 is 15.9 Å². The van der Waals surface area contributed by atoms with Crippen molar-refractivity contribution in [2.75, 3.05) is 31.1 Å². The Kier molecular flexibility index (Phi) is 4.36. The van der Waals surface area contributed by atoms with Crippen LogP contribution in [-0.2, 0) is 0 Å². The zero-order valence-corrected chi connectivity index (χ0v) is 15.2.